The van der Waals surface area contributed by atoms with Crippen LogP contribution in [0.15, 0.2) is 95.0 Å². The smallest absolute Gasteiger partial charge is 0.407 e. The molecular weight excluding hydrogens is 480 g/mol. The van der Waals surface area contributed by atoms with Crippen LogP contribution in [0.1, 0.15) is 33.0 Å². The van der Waals surface area contributed by atoms with Gasteiger partial charge in [0.1, 0.15) is 11.6 Å². The lowest BCUT2D eigenvalue weighted by Gasteiger charge is -2.15. The number of aldehydes is 1. The van der Waals surface area contributed by atoms with Crippen LogP contribution in [-0.4, -0.2) is 24.0 Å². The monoisotopic (exact) mass is 500 g/mol. The Labute approximate surface area is 212 Å². The normalized spacial score (nSPS) is 12.0. The molecule has 5 nitrogen and oxygen atoms in total. The number of carbonyl (C=O) groups is 2. The quantitative estimate of drug-likeness (QED) is 0.285. The molecule has 7 heteroatoms. The Morgan fingerprint density at radius 2 is 1.71 bits per heavy atom. The molecule has 1 heterocycles. The average Bonchev–Trinajstić information content (AvgIpc) is 3.21. The maximum atomic E-state index is 12.6. The van der Waals surface area contributed by atoms with E-state index in [-0.39, 0.29) is 19.1 Å². The summed E-state index contributed by atoms with van der Waals surface area (Å²) in [5, 5.41) is 3.97. The van der Waals surface area contributed by atoms with Crippen molar-refractivity contribution in [2.45, 2.75) is 22.4 Å². The van der Waals surface area contributed by atoms with Crippen LogP contribution in [0.2, 0.25) is 5.02 Å². The number of nitrogens with one attached hydrogen (secondary N) is 1. The standard InChI is InChI=1S/C28H21ClN2O3S/c29-20-11-12-26(35-27-18(16-32)6-5-13-30-27)19(14-20)15-31-28(33)34-17-25-23-9-3-1-7-21(23)22-8-2-4-10-24(22)25/h1-14,16,25H,15,17H2,(H,31,33). The summed E-state index contributed by atoms with van der Waals surface area (Å²) in [7, 11) is 0. The van der Waals surface area contributed by atoms with Gasteiger partial charge in [0.05, 0.1) is 0 Å². The maximum absolute atomic E-state index is 12.6. The predicted molar refractivity (Wildman–Crippen MR) is 137 cm³/mol. The highest BCUT2D eigenvalue weighted by molar-refractivity contribution is 7.99. The molecule has 35 heavy (non-hydrogen) atoms. The summed E-state index contributed by atoms with van der Waals surface area (Å²) in [6, 6.07) is 25.3. The number of benzene rings is 3. The van der Waals surface area contributed by atoms with Crippen molar-refractivity contribution >= 4 is 35.7 Å². The van der Waals surface area contributed by atoms with Crippen LogP contribution in [0.5, 0.6) is 0 Å². The third-order valence-electron chi connectivity index (χ3n) is 5.92. The van der Waals surface area contributed by atoms with E-state index in [2.05, 4.69) is 34.6 Å². The lowest BCUT2D eigenvalue weighted by Crippen LogP contribution is -2.26. The Hall–Kier alpha value is -3.61. The van der Waals surface area contributed by atoms with Crippen LogP contribution in [-0.2, 0) is 11.3 Å². The van der Waals surface area contributed by atoms with Crippen molar-refractivity contribution in [2.75, 3.05) is 6.61 Å². The molecule has 1 amide bonds. The van der Waals surface area contributed by atoms with Gasteiger partial charge in [0.2, 0.25) is 0 Å². The van der Waals surface area contributed by atoms with E-state index in [1.807, 2.05) is 30.3 Å². The fourth-order valence-electron chi connectivity index (χ4n) is 4.28. The number of rotatable bonds is 7. The van der Waals surface area contributed by atoms with Crippen molar-refractivity contribution in [2.24, 2.45) is 0 Å². The molecule has 1 aliphatic carbocycles. The number of fused-ring (bicyclic) bond motifs is 3. The van der Waals surface area contributed by atoms with Gasteiger partial charge in [0.15, 0.2) is 6.29 Å². The van der Waals surface area contributed by atoms with Crippen LogP contribution in [0.3, 0.4) is 0 Å². The summed E-state index contributed by atoms with van der Waals surface area (Å²) in [4.78, 5) is 29.1. The van der Waals surface area contributed by atoms with E-state index in [1.165, 1.54) is 22.9 Å². The van der Waals surface area contributed by atoms with Gasteiger partial charge in [0.25, 0.3) is 0 Å². The van der Waals surface area contributed by atoms with Crippen molar-refractivity contribution < 1.29 is 14.3 Å². The van der Waals surface area contributed by atoms with E-state index < -0.39 is 6.09 Å². The number of carbonyl (C=O) groups excluding carboxylic acids is 2. The summed E-state index contributed by atoms with van der Waals surface area (Å²) in [5.74, 6) is -0.00338. The molecule has 0 fully saturated rings. The van der Waals surface area contributed by atoms with Gasteiger partial charge in [0, 0.05) is 34.1 Å². The van der Waals surface area contributed by atoms with Crippen LogP contribution in [0.25, 0.3) is 11.1 Å². The first-order valence-electron chi connectivity index (χ1n) is 11.1. The average molecular weight is 501 g/mol. The summed E-state index contributed by atoms with van der Waals surface area (Å²) in [6.45, 7) is 0.469. The zero-order chi connectivity index (χ0) is 24.2. The summed E-state index contributed by atoms with van der Waals surface area (Å²) in [6.07, 6.45) is 1.91. The molecule has 0 bridgehead atoms. The van der Waals surface area contributed by atoms with E-state index in [9.17, 15) is 9.59 Å². The Kier molecular flexibility index (Phi) is 6.84. The number of hydrogen-bond donors (Lipinski definition) is 1. The molecule has 0 unspecified atom stereocenters. The van der Waals surface area contributed by atoms with Crippen molar-refractivity contribution in [1.82, 2.24) is 10.3 Å². The first-order valence-corrected chi connectivity index (χ1v) is 12.3. The first kappa shape index (κ1) is 23.1. The second kappa shape index (κ2) is 10.3. The van der Waals surface area contributed by atoms with E-state index in [0.29, 0.717) is 15.6 Å². The molecule has 1 N–H and O–H groups in total. The van der Waals surface area contributed by atoms with Crippen LogP contribution in [0, 0.1) is 0 Å². The predicted octanol–water partition coefficient (Wildman–Crippen LogP) is 6.74. The highest BCUT2D eigenvalue weighted by atomic mass is 35.5. The molecule has 0 atom stereocenters. The van der Waals surface area contributed by atoms with Gasteiger partial charge in [-0.3, -0.25) is 4.79 Å². The molecule has 4 aromatic rings. The summed E-state index contributed by atoms with van der Waals surface area (Å²) < 4.78 is 5.64. The Bertz CT molecular complexity index is 1360. The molecule has 3 aromatic carbocycles. The maximum Gasteiger partial charge on any atom is 0.407 e. The molecular formula is C28H21ClN2O3S. The van der Waals surface area contributed by atoms with E-state index >= 15 is 0 Å². The Balaban J connectivity index is 1.26. The topological polar surface area (TPSA) is 68.3 Å². The summed E-state index contributed by atoms with van der Waals surface area (Å²) in [5.41, 5.74) is 6.00. The van der Waals surface area contributed by atoms with E-state index in [1.54, 1.807) is 30.5 Å². The zero-order valence-corrected chi connectivity index (χ0v) is 20.2. The number of pyridine rings is 1. The minimum atomic E-state index is -0.505. The number of halogens is 1. The van der Waals surface area contributed by atoms with Crippen molar-refractivity contribution in [1.29, 1.82) is 0 Å². The zero-order valence-electron chi connectivity index (χ0n) is 18.6. The highest BCUT2D eigenvalue weighted by Crippen LogP contribution is 2.44. The largest absolute Gasteiger partial charge is 0.449 e. The molecule has 174 valence electrons. The Morgan fingerprint density at radius 1 is 1.00 bits per heavy atom. The Morgan fingerprint density at radius 3 is 2.43 bits per heavy atom. The fourth-order valence-corrected chi connectivity index (χ4v) is 5.43. The highest BCUT2D eigenvalue weighted by Gasteiger charge is 2.29. The molecule has 0 saturated carbocycles. The van der Waals surface area contributed by atoms with Crippen molar-refractivity contribution in [3.63, 3.8) is 0 Å². The molecule has 0 saturated heterocycles. The first-order chi connectivity index (χ1) is 17.1. The fraction of sp³-hybridized carbons (Fsp3) is 0.107. The molecule has 1 aromatic heterocycles. The van der Waals surface area contributed by atoms with Gasteiger partial charge >= 0.3 is 6.09 Å². The number of ether oxygens (including phenoxy) is 1. The SMILES string of the molecule is O=Cc1cccnc1Sc1ccc(Cl)cc1CNC(=O)OCC1c2ccccc2-c2ccccc21. The van der Waals surface area contributed by atoms with Crippen molar-refractivity contribution in [3.05, 3.63) is 112 Å². The molecule has 5 rings (SSSR count). The van der Waals surface area contributed by atoms with Crippen LogP contribution in [0.4, 0.5) is 4.79 Å². The van der Waals surface area contributed by atoms with E-state index in [0.717, 1.165) is 27.9 Å². The number of nitrogens with zero attached hydrogens (tertiary/aromatic N) is 1. The third kappa shape index (κ3) is 4.94. The van der Waals surface area contributed by atoms with Gasteiger partial charge in [-0.1, -0.05) is 71.9 Å². The minimum Gasteiger partial charge on any atom is -0.449 e. The van der Waals surface area contributed by atoms with Crippen LogP contribution < -0.4 is 5.32 Å². The van der Waals surface area contributed by atoms with Gasteiger partial charge in [-0.15, -0.1) is 0 Å². The van der Waals surface area contributed by atoms with Gasteiger partial charge in [-0.2, -0.15) is 0 Å². The molecule has 0 aliphatic heterocycles. The molecule has 1 aliphatic rings. The number of amides is 1. The molecule has 0 spiro atoms. The minimum absolute atomic E-state index is 0.00338. The number of aromatic nitrogens is 1. The lowest BCUT2D eigenvalue weighted by molar-refractivity contribution is 0.112. The van der Waals surface area contributed by atoms with E-state index in [4.69, 9.17) is 16.3 Å². The number of hydrogen-bond acceptors (Lipinski definition) is 5. The molecule has 0 radical (unpaired) electrons. The van der Waals surface area contributed by atoms with Gasteiger partial charge in [-0.05, 0) is 58.1 Å². The van der Waals surface area contributed by atoms with Crippen LogP contribution >= 0.6 is 23.4 Å². The number of alkyl carbamates (subject to hydrolysis) is 1. The third-order valence-corrected chi connectivity index (χ3v) is 7.31. The van der Waals surface area contributed by atoms with Gasteiger partial charge in [-0.25, -0.2) is 9.78 Å². The summed E-state index contributed by atoms with van der Waals surface area (Å²) >= 11 is 7.56. The lowest BCUT2D eigenvalue weighted by atomic mass is 9.98. The second-order valence-electron chi connectivity index (χ2n) is 8.05. The van der Waals surface area contributed by atoms with Crippen molar-refractivity contribution in [3.8, 4) is 11.1 Å². The second-order valence-corrected chi connectivity index (χ2v) is 9.52. The van der Waals surface area contributed by atoms with Gasteiger partial charge < -0.3 is 10.1 Å².